The molecule has 0 aromatic carbocycles. The molecular weight excluding hydrogens is 176 g/mol. The molecule has 0 unspecified atom stereocenters. The molecule has 0 atom stereocenters. The van der Waals surface area contributed by atoms with Crippen LogP contribution in [0.4, 0.5) is 0 Å². The van der Waals surface area contributed by atoms with Gasteiger partial charge >= 0.3 is 5.97 Å². The van der Waals surface area contributed by atoms with Crippen molar-refractivity contribution in [1.82, 2.24) is 0 Å². The number of rotatable bonds is 2. The fourth-order valence-corrected chi connectivity index (χ4v) is 0.752. The molecule has 0 N–H and O–H groups in total. The van der Waals surface area contributed by atoms with Gasteiger partial charge in [0, 0.05) is 6.92 Å². The number of hydrogen-bond donors (Lipinski definition) is 0. The summed E-state index contributed by atoms with van der Waals surface area (Å²) in [5, 5.41) is 0. The van der Waals surface area contributed by atoms with Crippen LogP contribution in [0.5, 0.6) is 11.5 Å². The Hall–Kier alpha value is -1.78. The van der Waals surface area contributed by atoms with Gasteiger partial charge in [-0.05, 0) is 0 Å². The lowest BCUT2D eigenvalue weighted by Crippen LogP contribution is -2.12. The van der Waals surface area contributed by atoms with Crippen molar-refractivity contribution in [2.45, 2.75) is 6.92 Å². The second-order valence-electron chi connectivity index (χ2n) is 2.23. The summed E-state index contributed by atoms with van der Waals surface area (Å²) >= 11 is 0. The maximum absolute atomic E-state index is 11.3. The molecule has 13 heavy (non-hydrogen) atoms. The first kappa shape index (κ1) is 9.31. The summed E-state index contributed by atoms with van der Waals surface area (Å²) in [4.78, 5) is 21.8. The SMILES string of the molecule is COc1cocc(OC(C)=O)c1=O. The summed E-state index contributed by atoms with van der Waals surface area (Å²) in [5.41, 5.74) is -0.510. The molecule has 0 fully saturated rings. The average molecular weight is 184 g/mol. The summed E-state index contributed by atoms with van der Waals surface area (Å²) in [6.45, 7) is 1.19. The zero-order valence-electron chi connectivity index (χ0n) is 7.20. The predicted octanol–water partition coefficient (Wildman–Crippen LogP) is 0.574. The van der Waals surface area contributed by atoms with Gasteiger partial charge in [0.25, 0.3) is 5.43 Å². The van der Waals surface area contributed by atoms with Gasteiger partial charge in [-0.2, -0.15) is 0 Å². The van der Waals surface area contributed by atoms with E-state index in [1.165, 1.54) is 14.0 Å². The van der Waals surface area contributed by atoms with E-state index >= 15 is 0 Å². The summed E-state index contributed by atoms with van der Waals surface area (Å²) in [6.07, 6.45) is 2.18. The zero-order chi connectivity index (χ0) is 9.84. The van der Waals surface area contributed by atoms with Crippen LogP contribution in [0, 0.1) is 0 Å². The van der Waals surface area contributed by atoms with Gasteiger partial charge < -0.3 is 13.9 Å². The topological polar surface area (TPSA) is 65.7 Å². The summed E-state index contributed by atoms with van der Waals surface area (Å²) in [5.74, 6) is -0.758. The van der Waals surface area contributed by atoms with Gasteiger partial charge in [-0.25, -0.2) is 0 Å². The Kier molecular flexibility index (Phi) is 2.69. The third kappa shape index (κ3) is 2.08. The van der Waals surface area contributed by atoms with E-state index in [9.17, 15) is 9.59 Å². The van der Waals surface area contributed by atoms with Crippen molar-refractivity contribution < 1.29 is 18.7 Å². The van der Waals surface area contributed by atoms with Crippen LogP contribution in [-0.2, 0) is 4.79 Å². The molecule has 5 nitrogen and oxygen atoms in total. The van der Waals surface area contributed by atoms with Crippen LogP contribution in [0.15, 0.2) is 21.7 Å². The van der Waals surface area contributed by atoms with Crippen LogP contribution in [0.3, 0.4) is 0 Å². The lowest BCUT2D eigenvalue weighted by molar-refractivity contribution is -0.132. The maximum Gasteiger partial charge on any atom is 0.308 e. The molecule has 0 saturated heterocycles. The number of carbonyl (C=O) groups is 1. The monoisotopic (exact) mass is 184 g/mol. The third-order valence-electron chi connectivity index (χ3n) is 1.27. The van der Waals surface area contributed by atoms with E-state index in [2.05, 4.69) is 9.47 Å². The Morgan fingerprint density at radius 1 is 1.38 bits per heavy atom. The lowest BCUT2D eigenvalue weighted by Gasteiger charge is -2.00. The Morgan fingerprint density at radius 3 is 2.54 bits per heavy atom. The Balaban J connectivity index is 3.09. The second-order valence-corrected chi connectivity index (χ2v) is 2.23. The highest BCUT2D eigenvalue weighted by atomic mass is 16.5. The van der Waals surface area contributed by atoms with Gasteiger partial charge in [0.15, 0.2) is 0 Å². The van der Waals surface area contributed by atoms with Crippen molar-refractivity contribution in [3.8, 4) is 11.5 Å². The third-order valence-corrected chi connectivity index (χ3v) is 1.27. The largest absolute Gasteiger partial charge is 0.490 e. The predicted molar refractivity (Wildman–Crippen MR) is 42.8 cm³/mol. The number of hydrogen-bond acceptors (Lipinski definition) is 5. The summed E-state index contributed by atoms with van der Waals surface area (Å²) < 4.78 is 13.9. The minimum atomic E-state index is -0.583. The minimum absolute atomic E-state index is 0.00116. The van der Waals surface area contributed by atoms with Crippen molar-refractivity contribution in [2.75, 3.05) is 7.11 Å². The first-order chi connectivity index (χ1) is 6.15. The molecule has 1 aromatic heterocycles. The van der Waals surface area contributed by atoms with Gasteiger partial charge in [0.1, 0.15) is 12.5 Å². The van der Waals surface area contributed by atoms with E-state index in [1.807, 2.05) is 0 Å². The summed E-state index contributed by atoms with van der Waals surface area (Å²) in [7, 11) is 1.32. The van der Waals surface area contributed by atoms with Crippen molar-refractivity contribution in [3.05, 3.63) is 22.7 Å². The van der Waals surface area contributed by atoms with E-state index in [4.69, 9.17) is 4.42 Å². The number of carbonyl (C=O) groups excluding carboxylic acids is 1. The molecule has 0 aliphatic heterocycles. The molecule has 0 spiro atoms. The van der Waals surface area contributed by atoms with E-state index in [0.29, 0.717) is 0 Å². The minimum Gasteiger partial charge on any atom is -0.490 e. The number of methoxy groups -OCH3 is 1. The van der Waals surface area contributed by atoms with E-state index < -0.39 is 11.4 Å². The van der Waals surface area contributed by atoms with Crippen LogP contribution < -0.4 is 14.9 Å². The first-order valence-corrected chi connectivity index (χ1v) is 3.48. The van der Waals surface area contributed by atoms with E-state index in [0.717, 1.165) is 12.5 Å². The lowest BCUT2D eigenvalue weighted by atomic mass is 10.4. The molecule has 0 amide bonds. The van der Waals surface area contributed by atoms with Crippen LogP contribution in [-0.4, -0.2) is 13.1 Å². The Morgan fingerprint density at radius 2 is 2.00 bits per heavy atom. The molecule has 0 aliphatic rings. The molecule has 0 saturated carbocycles. The van der Waals surface area contributed by atoms with Crippen LogP contribution >= 0.6 is 0 Å². The molecule has 1 heterocycles. The highest BCUT2D eigenvalue weighted by molar-refractivity contribution is 5.69. The van der Waals surface area contributed by atoms with Gasteiger partial charge in [0.05, 0.1) is 7.11 Å². The van der Waals surface area contributed by atoms with Crippen molar-refractivity contribution in [1.29, 1.82) is 0 Å². The smallest absolute Gasteiger partial charge is 0.308 e. The zero-order valence-corrected chi connectivity index (χ0v) is 7.20. The van der Waals surface area contributed by atoms with Crippen LogP contribution in [0.2, 0.25) is 0 Å². The van der Waals surface area contributed by atoms with Crippen molar-refractivity contribution >= 4 is 5.97 Å². The summed E-state index contributed by atoms with van der Waals surface area (Å²) in [6, 6.07) is 0. The van der Waals surface area contributed by atoms with Crippen molar-refractivity contribution in [3.63, 3.8) is 0 Å². The molecule has 1 rings (SSSR count). The molecule has 5 heteroatoms. The van der Waals surface area contributed by atoms with Gasteiger partial charge in [0.2, 0.25) is 11.5 Å². The molecule has 70 valence electrons. The molecule has 1 aromatic rings. The Bertz CT molecular complexity index is 365. The second kappa shape index (κ2) is 3.75. The van der Waals surface area contributed by atoms with Crippen molar-refractivity contribution in [2.24, 2.45) is 0 Å². The van der Waals surface area contributed by atoms with E-state index in [1.54, 1.807) is 0 Å². The number of ether oxygens (including phenoxy) is 2. The highest BCUT2D eigenvalue weighted by Gasteiger charge is 2.09. The fourth-order valence-electron chi connectivity index (χ4n) is 0.752. The van der Waals surface area contributed by atoms with Gasteiger partial charge in [-0.3, -0.25) is 9.59 Å². The normalized spacial score (nSPS) is 9.38. The van der Waals surface area contributed by atoms with Gasteiger partial charge in [-0.15, -0.1) is 0 Å². The maximum atomic E-state index is 11.3. The van der Waals surface area contributed by atoms with Crippen LogP contribution in [0.25, 0.3) is 0 Å². The van der Waals surface area contributed by atoms with E-state index in [-0.39, 0.29) is 11.5 Å². The Labute approximate surface area is 73.9 Å². The average Bonchev–Trinajstić information content (AvgIpc) is 2.08. The first-order valence-electron chi connectivity index (χ1n) is 3.48. The number of esters is 1. The van der Waals surface area contributed by atoms with Gasteiger partial charge in [-0.1, -0.05) is 0 Å². The molecule has 0 bridgehead atoms. The quantitative estimate of drug-likeness (QED) is 0.629. The molecule has 0 aliphatic carbocycles. The van der Waals surface area contributed by atoms with Crippen LogP contribution in [0.1, 0.15) is 6.92 Å². The fraction of sp³-hybridized carbons (Fsp3) is 0.250. The standard InChI is InChI=1S/C8H8O5/c1-5(9)13-7-4-12-3-6(11-2)8(7)10/h3-4H,1-2H3. The molecule has 0 radical (unpaired) electrons. The molecular formula is C8H8O5. The highest BCUT2D eigenvalue weighted by Crippen LogP contribution is 2.10.